The first kappa shape index (κ1) is 12.9. The van der Waals surface area contributed by atoms with E-state index in [1.165, 1.54) is 19.5 Å². The fraction of sp³-hybridized carbons (Fsp3) is 1.00. The molecule has 13 heavy (non-hydrogen) atoms. The number of likely N-dealkylation sites (N-methyl/N-ethyl adjacent to an activating group) is 2. The van der Waals surface area contributed by atoms with E-state index in [9.17, 15) is 0 Å². The maximum atomic E-state index is 2.43. The first-order valence-electron chi connectivity index (χ1n) is 5.51. The van der Waals surface area contributed by atoms with Crippen LogP contribution in [0.4, 0.5) is 0 Å². The van der Waals surface area contributed by atoms with E-state index in [-0.39, 0.29) is 0 Å². The molecule has 0 spiro atoms. The number of nitrogens with zero attached hydrogens (tertiary/aromatic N) is 2. The van der Waals surface area contributed by atoms with E-state index in [2.05, 4.69) is 37.7 Å². The van der Waals surface area contributed by atoms with Crippen molar-refractivity contribution >= 4 is 0 Å². The van der Waals surface area contributed by atoms with Crippen molar-refractivity contribution in [3.8, 4) is 0 Å². The molecule has 0 aromatic carbocycles. The second-order valence-electron chi connectivity index (χ2n) is 3.96. The molecule has 0 N–H and O–H groups in total. The second-order valence-corrected chi connectivity index (χ2v) is 3.96. The van der Waals surface area contributed by atoms with Crippen molar-refractivity contribution in [2.45, 2.75) is 46.2 Å². The molecule has 1 fully saturated rings. The molecule has 1 atom stereocenters. The average molecular weight is 186 g/mol. The molecule has 1 aliphatic rings. The summed E-state index contributed by atoms with van der Waals surface area (Å²) >= 11 is 0. The zero-order valence-corrected chi connectivity index (χ0v) is 10.2. The van der Waals surface area contributed by atoms with Gasteiger partial charge in [0.1, 0.15) is 0 Å². The molecule has 0 amide bonds. The lowest BCUT2D eigenvalue weighted by Gasteiger charge is -2.41. The van der Waals surface area contributed by atoms with Crippen molar-refractivity contribution in [2.24, 2.45) is 0 Å². The Balaban J connectivity index is 0.000000671. The van der Waals surface area contributed by atoms with Gasteiger partial charge in [0.05, 0.1) is 0 Å². The Morgan fingerprint density at radius 3 is 2.15 bits per heavy atom. The van der Waals surface area contributed by atoms with Crippen molar-refractivity contribution < 1.29 is 0 Å². The minimum atomic E-state index is 0.684. The van der Waals surface area contributed by atoms with E-state index in [1.807, 2.05) is 13.8 Å². The fourth-order valence-corrected chi connectivity index (χ4v) is 1.34. The van der Waals surface area contributed by atoms with Crippen molar-refractivity contribution in [1.82, 2.24) is 9.80 Å². The van der Waals surface area contributed by atoms with Crippen molar-refractivity contribution in [1.29, 1.82) is 0 Å². The van der Waals surface area contributed by atoms with E-state index in [0.29, 0.717) is 6.04 Å². The van der Waals surface area contributed by atoms with Crippen LogP contribution in [0.15, 0.2) is 0 Å². The Hall–Kier alpha value is -0.0800. The number of likely N-dealkylation sites (tertiary alicyclic amines) is 1. The third kappa shape index (κ3) is 4.10. The van der Waals surface area contributed by atoms with E-state index >= 15 is 0 Å². The molecule has 1 rings (SSSR count). The first-order valence-corrected chi connectivity index (χ1v) is 5.51. The monoisotopic (exact) mass is 186 g/mol. The summed E-state index contributed by atoms with van der Waals surface area (Å²) in [6.45, 7) is 11.0. The van der Waals surface area contributed by atoms with Gasteiger partial charge in [-0.15, -0.1) is 0 Å². The molecular formula is C11H26N2. The van der Waals surface area contributed by atoms with Gasteiger partial charge in [0.15, 0.2) is 0 Å². The molecular weight excluding hydrogens is 160 g/mol. The largest absolute Gasteiger partial charge is 0.302 e. The number of rotatable bonds is 3. The van der Waals surface area contributed by atoms with Crippen LogP contribution >= 0.6 is 0 Å². The molecule has 0 bridgehead atoms. The average Bonchev–Trinajstić information content (AvgIpc) is 2.14. The summed E-state index contributed by atoms with van der Waals surface area (Å²) in [7, 11) is 4.42. The van der Waals surface area contributed by atoms with Gasteiger partial charge >= 0.3 is 0 Å². The van der Waals surface area contributed by atoms with Crippen LogP contribution in [-0.2, 0) is 0 Å². The van der Waals surface area contributed by atoms with Crippen LogP contribution in [-0.4, -0.2) is 49.1 Å². The summed E-state index contributed by atoms with van der Waals surface area (Å²) in [5, 5.41) is 0. The maximum absolute atomic E-state index is 2.43. The highest BCUT2D eigenvalue weighted by Gasteiger charge is 2.25. The molecule has 2 heteroatoms. The minimum Gasteiger partial charge on any atom is -0.302 e. The first-order chi connectivity index (χ1) is 6.11. The van der Waals surface area contributed by atoms with Gasteiger partial charge < -0.3 is 9.80 Å². The highest BCUT2D eigenvalue weighted by Crippen LogP contribution is 2.15. The lowest BCUT2D eigenvalue weighted by atomic mass is 10.0. The van der Waals surface area contributed by atoms with Crippen LogP contribution in [0, 0.1) is 0 Å². The predicted molar refractivity (Wildman–Crippen MR) is 60.1 cm³/mol. The summed E-state index contributed by atoms with van der Waals surface area (Å²) in [4.78, 5) is 4.85. The van der Waals surface area contributed by atoms with Crippen molar-refractivity contribution in [3.63, 3.8) is 0 Å². The van der Waals surface area contributed by atoms with Crippen LogP contribution in [0.1, 0.15) is 34.1 Å². The Morgan fingerprint density at radius 1 is 1.38 bits per heavy atom. The topological polar surface area (TPSA) is 6.48 Å². The van der Waals surface area contributed by atoms with Gasteiger partial charge in [0, 0.05) is 18.6 Å². The third-order valence-corrected chi connectivity index (χ3v) is 2.82. The molecule has 2 nitrogen and oxygen atoms in total. The molecule has 0 aliphatic carbocycles. The fourth-order valence-electron chi connectivity index (χ4n) is 1.34. The molecule has 0 saturated carbocycles. The zero-order valence-electron chi connectivity index (χ0n) is 10.2. The summed E-state index contributed by atoms with van der Waals surface area (Å²) in [5.41, 5.74) is 0. The van der Waals surface area contributed by atoms with Gasteiger partial charge in [-0.3, -0.25) is 0 Å². The molecule has 0 radical (unpaired) electrons. The summed E-state index contributed by atoms with van der Waals surface area (Å²) in [5.74, 6) is 0. The number of hydrogen-bond acceptors (Lipinski definition) is 2. The van der Waals surface area contributed by atoms with E-state index in [1.54, 1.807) is 0 Å². The molecule has 80 valence electrons. The van der Waals surface area contributed by atoms with Crippen molar-refractivity contribution in [3.05, 3.63) is 0 Å². The second kappa shape index (κ2) is 6.39. The highest BCUT2D eigenvalue weighted by molar-refractivity contribution is 4.82. The highest BCUT2D eigenvalue weighted by atomic mass is 15.2. The molecule has 1 unspecified atom stereocenters. The Kier molecular flexibility index (Phi) is 6.35. The predicted octanol–water partition coefficient (Wildman–Crippen LogP) is 2.06. The van der Waals surface area contributed by atoms with Gasteiger partial charge in [0.25, 0.3) is 0 Å². The van der Waals surface area contributed by atoms with Crippen molar-refractivity contribution in [2.75, 3.05) is 27.2 Å². The smallest absolute Gasteiger partial charge is 0.0232 e. The standard InChI is InChI=1S/C9H20N2.C2H6/c1-8(2)11(4)7-9-5-6-10(9)3;1-2/h8-9H,5-7H2,1-4H3;1-2H3. The normalized spacial score (nSPS) is 22.6. The van der Waals surface area contributed by atoms with Crippen LogP contribution < -0.4 is 0 Å². The Bertz CT molecular complexity index is 119. The lowest BCUT2D eigenvalue weighted by Crippen LogP contribution is -2.51. The van der Waals surface area contributed by atoms with Gasteiger partial charge in [-0.1, -0.05) is 13.8 Å². The number of hydrogen-bond donors (Lipinski definition) is 0. The Morgan fingerprint density at radius 2 is 1.92 bits per heavy atom. The molecule has 1 saturated heterocycles. The van der Waals surface area contributed by atoms with Gasteiger partial charge in [0.2, 0.25) is 0 Å². The molecule has 1 aliphatic heterocycles. The molecule has 0 aromatic heterocycles. The summed E-state index contributed by atoms with van der Waals surface area (Å²) in [6, 6.07) is 1.51. The minimum absolute atomic E-state index is 0.684. The van der Waals surface area contributed by atoms with E-state index in [0.717, 1.165) is 6.04 Å². The van der Waals surface area contributed by atoms with E-state index < -0.39 is 0 Å². The summed E-state index contributed by atoms with van der Waals surface area (Å²) < 4.78 is 0. The van der Waals surface area contributed by atoms with Crippen LogP contribution in [0.2, 0.25) is 0 Å². The van der Waals surface area contributed by atoms with Crippen LogP contribution in [0.5, 0.6) is 0 Å². The zero-order chi connectivity index (χ0) is 10.4. The SMILES string of the molecule is CC.CC(C)N(C)CC1CCN1C. The summed E-state index contributed by atoms with van der Waals surface area (Å²) in [6.07, 6.45) is 1.38. The van der Waals surface area contributed by atoms with Gasteiger partial charge in [-0.2, -0.15) is 0 Å². The Labute approximate surface area is 83.9 Å². The third-order valence-electron chi connectivity index (χ3n) is 2.82. The molecule has 1 heterocycles. The van der Waals surface area contributed by atoms with Gasteiger partial charge in [-0.25, -0.2) is 0 Å². The molecule has 0 aromatic rings. The van der Waals surface area contributed by atoms with Crippen LogP contribution in [0.25, 0.3) is 0 Å². The van der Waals surface area contributed by atoms with E-state index in [4.69, 9.17) is 0 Å². The van der Waals surface area contributed by atoms with Crippen LogP contribution in [0.3, 0.4) is 0 Å². The maximum Gasteiger partial charge on any atom is 0.0232 e. The van der Waals surface area contributed by atoms with Gasteiger partial charge in [-0.05, 0) is 40.9 Å². The quantitative estimate of drug-likeness (QED) is 0.665. The lowest BCUT2D eigenvalue weighted by molar-refractivity contribution is 0.0818.